The molecule has 0 saturated carbocycles. The van der Waals surface area contributed by atoms with Gasteiger partial charge >= 0.3 is 0 Å². The van der Waals surface area contributed by atoms with E-state index in [1.54, 1.807) is 0 Å². The smallest absolute Gasteiger partial charge is 0.159 e. The van der Waals surface area contributed by atoms with Gasteiger partial charge in [0.25, 0.3) is 0 Å². The summed E-state index contributed by atoms with van der Waals surface area (Å²) in [6.45, 7) is 13.1. The summed E-state index contributed by atoms with van der Waals surface area (Å²) >= 11 is 0. The molecular formula is C70H52F4N2O2. The molecule has 0 radical (unpaired) electrons. The van der Waals surface area contributed by atoms with Crippen LogP contribution in [0.15, 0.2) is 203 Å². The lowest BCUT2D eigenvalue weighted by molar-refractivity contribution is 0.563. The van der Waals surface area contributed by atoms with Crippen molar-refractivity contribution in [1.29, 1.82) is 0 Å². The van der Waals surface area contributed by atoms with E-state index in [1.165, 1.54) is 35.4 Å². The van der Waals surface area contributed by atoms with E-state index >= 15 is 17.6 Å². The first kappa shape index (κ1) is 47.6. The number of hydrogen-bond acceptors (Lipinski definition) is 4. The number of anilines is 6. The van der Waals surface area contributed by atoms with E-state index in [-0.39, 0.29) is 28.6 Å². The summed E-state index contributed by atoms with van der Waals surface area (Å²) in [7, 11) is 0. The molecule has 0 unspecified atom stereocenters. The number of halogens is 4. The minimum absolute atomic E-state index is 0.168. The van der Waals surface area contributed by atoms with Gasteiger partial charge in [-0.05, 0) is 128 Å². The molecule has 0 amide bonds. The van der Waals surface area contributed by atoms with Crippen molar-refractivity contribution in [2.45, 2.75) is 64.2 Å². The van der Waals surface area contributed by atoms with Crippen molar-refractivity contribution in [2.75, 3.05) is 9.80 Å². The van der Waals surface area contributed by atoms with Crippen molar-refractivity contribution in [3.05, 3.63) is 262 Å². The van der Waals surface area contributed by atoms with Gasteiger partial charge < -0.3 is 18.6 Å². The summed E-state index contributed by atoms with van der Waals surface area (Å²) in [5.41, 5.74) is 14.9. The van der Waals surface area contributed by atoms with E-state index in [9.17, 15) is 0 Å². The Kier molecular flexibility index (Phi) is 10.6. The molecule has 12 aromatic rings. The number of hydrogen-bond donors (Lipinski definition) is 0. The third kappa shape index (κ3) is 6.84. The lowest BCUT2D eigenvalue weighted by Crippen LogP contribution is -2.40. The highest BCUT2D eigenvalue weighted by atomic mass is 19.1. The van der Waals surface area contributed by atoms with Crippen molar-refractivity contribution < 1.29 is 26.4 Å². The molecule has 10 aromatic carbocycles. The summed E-state index contributed by atoms with van der Waals surface area (Å²) in [4.78, 5) is 3.75. The van der Waals surface area contributed by atoms with Crippen LogP contribution in [-0.2, 0) is 10.8 Å². The van der Waals surface area contributed by atoms with E-state index in [1.807, 2.05) is 82.6 Å². The summed E-state index contributed by atoms with van der Waals surface area (Å²) in [5.74, 6) is -2.57. The maximum Gasteiger partial charge on any atom is 0.159 e. The third-order valence-corrected chi connectivity index (χ3v) is 16.6. The Labute approximate surface area is 449 Å². The van der Waals surface area contributed by atoms with Crippen LogP contribution in [0, 0.1) is 23.3 Å². The Morgan fingerprint density at radius 1 is 0.346 bits per heavy atom. The van der Waals surface area contributed by atoms with Gasteiger partial charge in [0.1, 0.15) is 34.4 Å². The van der Waals surface area contributed by atoms with Gasteiger partial charge in [0.2, 0.25) is 0 Å². The van der Waals surface area contributed by atoms with Crippen LogP contribution in [0.4, 0.5) is 51.7 Å². The normalized spacial score (nSPS) is 13.9. The Balaban J connectivity index is 1.08. The topological polar surface area (TPSA) is 32.8 Å². The number of nitrogens with zero attached hydrogens (tertiary/aromatic N) is 2. The summed E-state index contributed by atoms with van der Waals surface area (Å²) in [5, 5.41) is 3.63. The lowest BCUT2D eigenvalue weighted by atomic mass is 9.55. The maximum absolute atomic E-state index is 15.8. The highest BCUT2D eigenvalue weighted by Crippen LogP contribution is 2.63. The van der Waals surface area contributed by atoms with Crippen LogP contribution in [0.1, 0.15) is 97.9 Å². The molecule has 0 saturated heterocycles. The van der Waals surface area contributed by atoms with E-state index < -0.39 is 28.7 Å². The molecular weight excluding hydrogens is 977 g/mol. The zero-order valence-electron chi connectivity index (χ0n) is 43.9. The molecule has 1 spiro atoms. The van der Waals surface area contributed by atoms with E-state index in [0.29, 0.717) is 33.9 Å². The number of fused-ring (bicyclic) bond motifs is 15. The van der Waals surface area contributed by atoms with Crippen molar-refractivity contribution in [2.24, 2.45) is 0 Å². The molecule has 0 bridgehead atoms. The van der Waals surface area contributed by atoms with Crippen LogP contribution >= 0.6 is 0 Å². The van der Waals surface area contributed by atoms with Gasteiger partial charge in [-0.1, -0.05) is 163 Å². The van der Waals surface area contributed by atoms with E-state index in [2.05, 4.69) is 126 Å². The van der Waals surface area contributed by atoms with E-state index in [0.717, 1.165) is 89.4 Å². The first-order valence-electron chi connectivity index (χ1n) is 26.6. The zero-order chi connectivity index (χ0) is 53.5. The molecule has 382 valence electrons. The van der Waals surface area contributed by atoms with Crippen LogP contribution in [0.3, 0.4) is 0 Å². The van der Waals surface area contributed by atoms with Crippen molar-refractivity contribution >= 4 is 78.0 Å². The van der Waals surface area contributed by atoms with Gasteiger partial charge in [-0.3, -0.25) is 0 Å². The minimum atomic E-state index is -0.853. The fourth-order valence-corrected chi connectivity index (χ4v) is 13.3. The molecule has 14 rings (SSSR count). The van der Waals surface area contributed by atoms with Gasteiger partial charge in [-0.15, -0.1) is 0 Å². The molecule has 0 atom stereocenters. The Hall–Kier alpha value is -8.88. The predicted octanol–water partition coefficient (Wildman–Crippen LogP) is 20.2. The van der Waals surface area contributed by atoms with Gasteiger partial charge in [0.05, 0.1) is 28.2 Å². The monoisotopic (exact) mass is 1030 g/mol. The van der Waals surface area contributed by atoms with Crippen molar-refractivity contribution in [3.63, 3.8) is 0 Å². The second-order valence-electron chi connectivity index (χ2n) is 22.1. The average Bonchev–Trinajstić information content (AvgIpc) is 3.51. The average molecular weight is 1030 g/mol. The lowest BCUT2D eigenvalue weighted by Gasteiger charge is -2.46. The summed E-state index contributed by atoms with van der Waals surface area (Å²) in [6.07, 6.45) is 0. The number of rotatable bonds is 8. The highest BCUT2D eigenvalue weighted by Gasteiger charge is 2.53. The van der Waals surface area contributed by atoms with Gasteiger partial charge in [0.15, 0.2) is 11.2 Å². The van der Waals surface area contributed by atoms with Crippen LogP contribution in [-0.4, -0.2) is 0 Å². The molecule has 2 aliphatic rings. The fourth-order valence-electron chi connectivity index (χ4n) is 13.3. The standard InChI is InChI=1S/C70H52F4N2O2/c1-39(2)49-15-11-17-51-53-19-13-25-63(67(53)77-65(49)51)75(47-33-41(71)31-42(72)34-47)45-27-29-57-55(37-45)56-38-46(28-30-58(56)70(57)61-23-9-7-21-59(61)69(5,6)60-22-8-10-24-62(60)70)76(48-35-43(73)32-44(74)36-48)64-26-14-20-54-52-18-12-16-50(40(3)4)66(52)78-68(54)64/h7-40H,1-6H3. The van der Waals surface area contributed by atoms with Crippen molar-refractivity contribution in [3.8, 4) is 11.1 Å². The molecule has 2 aliphatic carbocycles. The summed E-state index contributed by atoms with van der Waals surface area (Å²) in [6, 6.07) is 61.2. The molecule has 8 heteroatoms. The van der Waals surface area contributed by atoms with Gasteiger partial charge in [-0.2, -0.15) is 0 Å². The quantitative estimate of drug-likeness (QED) is 0.142. The molecule has 2 heterocycles. The first-order chi connectivity index (χ1) is 37.7. The predicted molar refractivity (Wildman–Crippen MR) is 308 cm³/mol. The SMILES string of the molecule is CC(C)c1cccc2c1oc1c(N(c3cc(F)cc(F)c3)c3ccc4c(c3)-c3cc(N(c5cc(F)cc(F)c5)c5cccc6c5oc5c(C(C)C)cccc56)ccc3C43c4ccccc4C(C)(C)c4ccccc43)cccc12. The number of furan rings is 2. The first-order valence-corrected chi connectivity index (χ1v) is 26.6. The van der Waals surface area contributed by atoms with Crippen LogP contribution in [0.2, 0.25) is 0 Å². The molecule has 0 fully saturated rings. The molecule has 2 aromatic heterocycles. The van der Waals surface area contributed by atoms with Crippen LogP contribution in [0.25, 0.3) is 55.0 Å². The number of para-hydroxylation sites is 4. The zero-order valence-corrected chi connectivity index (χ0v) is 43.9. The largest absolute Gasteiger partial charge is 0.454 e. The Bertz CT molecular complexity index is 4140. The van der Waals surface area contributed by atoms with Gasteiger partial charge in [-0.25, -0.2) is 17.6 Å². The second kappa shape index (κ2) is 17.3. The second-order valence-corrected chi connectivity index (χ2v) is 22.1. The molecule has 4 nitrogen and oxygen atoms in total. The highest BCUT2D eigenvalue weighted by molar-refractivity contribution is 6.13. The third-order valence-electron chi connectivity index (χ3n) is 16.6. The summed E-state index contributed by atoms with van der Waals surface area (Å²) < 4.78 is 76.9. The molecule has 0 N–H and O–H groups in total. The molecule has 78 heavy (non-hydrogen) atoms. The van der Waals surface area contributed by atoms with Crippen molar-refractivity contribution in [1.82, 2.24) is 0 Å². The molecule has 0 aliphatic heterocycles. The fraction of sp³-hybridized carbons (Fsp3) is 0.143. The van der Waals surface area contributed by atoms with Crippen LogP contribution in [0.5, 0.6) is 0 Å². The van der Waals surface area contributed by atoms with Gasteiger partial charge in [0, 0.05) is 50.5 Å². The van der Waals surface area contributed by atoms with Crippen LogP contribution < -0.4 is 9.80 Å². The Morgan fingerprint density at radius 2 is 0.705 bits per heavy atom. The Morgan fingerprint density at radius 3 is 1.09 bits per heavy atom. The minimum Gasteiger partial charge on any atom is -0.454 e. The van der Waals surface area contributed by atoms with E-state index in [4.69, 9.17) is 8.83 Å². The maximum atomic E-state index is 15.8. The number of benzene rings is 10.